The molecule has 1 aromatic heterocycles. The normalized spacial score (nSPS) is 10.8. The van der Waals surface area contributed by atoms with Crippen LogP contribution in [-0.4, -0.2) is 24.1 Å². The fourth-order valence-corrected chi connectivity index (χ4v) is 3.64. The number of carbonyl (C=O) groups excluding carboxylic acids is 1. The lowest BCUT2D eigenvalue weighted by molar-refractivity contribution is 0.102. The highest BCUT2D eigenvalue weighted by Crippen LogP contribution is 2.35. The summed E-state index contributed by atoms with van der Waals surface area (Å²) in [5.41, 5.74) is 1.02. The minimum Gasteiger partial charge on any atom is -0.490 e. The molecule has 0 atom stereocenters. The number of anilines is 1. The molecule has 0 saturated carbocycles. The quantitative estimate of drug-likeness (QED) is 0.569. The summed E-state index contributed by atoms with van der Waals surface area (Å²) in [5.74, 6) is 0.837. The van der Waals surface area contributed by atoms with Crippen LogP contribution in [0, 0.1) is 0 Å². The molecule has 8 heteroatoms. The van der Waals surface area contributed by atoms with Gasteiger partial charge in [0.05, 0.1) is 28.0 Å². The van der Waals surface area contributed by atoms with Crippen molar-refractivity contribution in [2.24, 2.45) is 0 Å². The van der Waals surface area contributed by atoms with Crippen molar-refractivity contribution >= 4 is 55.8 Å². The summed E-state index contributed by atoms with van der Waals surface area (Å²) in [4.78, 5) is 16.9. The summed E-state index contributed by atoms with van der Waals surface area (Å²) >= 11 is 13.5. The van der Waals surface area contributed by atoms with Crippen LogP contribution in [0.1, 0.15) is 24.2 Å². The average molecular weight is 411 g/mol. The Hall–Kier alpha value is -2.02. The second-order valence-electron chi connectivity index (χ2n) is 5.21. The maximum absolute atomic E-state index is 12.6. The largest absolute Gasteiger partial charge is 0.490 e. The highest BCUT2D eigenvalue weighted by Gasteiger charge is 2.15. The van der Waals surface area contributed by atoms with Gasteiger partial charge in [-0.05, 0) is 44.2 Å². The van der Waals surface area contributed by atoms with E-state index in [4.69, 9.17) is 32.7 Å². The first-order valence-corrected chi connectivity index (χ1v) is 9.56. The number of rotatable bonds is 6. The minimum absolute atomic E-state index is 0.296. The van der Waals surface area contributed by atoms with Crippen LogP contribution in [0.3, 0.4) is 0 Å². The highest BCUT2D eigenvalue weighted by atomic mass is 35.5. The van der Waals surface area contributed by atoms with Crippen molar-refractivity contribution in [1.82, 2.24) is 4.98 Å². The first kappa shape index (κ1) is 18.8. The number of nitrogens with zero attached hydrogens (tertiary/aromatic N) is 1. The van der Waals surface area contributed by atoms with Gasteiger partial charge in [-0.3, -0.25) is 10.1 Å². The van der Waals surface area contributed by atoms with E-state index >= 15 is 0 Å². The zero-order valence-electron chi connectivity index (χ0n) is 14.1. The lowest BCUT2D eigenvalue weighted by atomic mass is 10.2. The van der Waals surface area contributed by atoms with E-state index in [0.717, 1.165) is 4.70 Å². The summed E-state index contributed by atoms with van der Waals surface area (Å²) in [6.45, 7) is 4.75. The molecule has 0 aliphatic carbocycles. The Morgan fingerprint density at radius 1 is 1.12 bits per heavy atom. The van der Waals surface area contributed by atoms with E-state index in [1.165, 1.54) is 11.3 Å². The molecular formula is C18H16Cl2N2O3S. The SMILES string of the molecule is CCOc1ccc(C(=O)Nc2nc3c(Cl)c(Cl)ccc3s2)cc1OCC. The van der Waals surface area contributed by atoms with E-state index < -0.39 is 0 Å². The number of hydrogen-bond acceptors (Lipinski definition) is 5. The summed E-state index contributed by atoms with van der Waals surface area (Å²) < 4.78 is 11.9. The third-order valence-electron chi connectivity index (χ3n) is 3.48. The zero-order chi connectivity index (χ0) is 18.7. The molecule has 0 aliphatic heterocycles. The van der Waals surface area contributed by atoms with E-state index in [1.54, 1.807) is 24.3 Å². The molecular weight excluding hydrogens is 395 g/mol. The van der Waals surface area contributed by atoms with E-state index in [-0.39, 0.29) is 5.91 Å². The second kappa shape index (κ2) is 8.12. The van der Waals surface area contributed by atoms with Crippen LogP contribution in [0.2, 0.25) is 10.0 Å². The Labute approximate surface area is 164 Å². The molecule has 1 N–H and O–H groups in total. The number of aromatic nitrogens is 1. The predicted octanol–water partition coefficient (Wildman–Crippen LogP) is 5.65. The number of hydrogen-bond donors (Lipinski definition) is 1. The number of carbonyl (C=O) groups is 1. The summed E-state index contributed by atoms with van der Waals surface area (Å²) in [6, 6.07) is 8.58. The zero-order valence-corrected chi connectivity index (χ0v) is 16.5. The molecule has 0 unspecified atom stereocenters. The molecule has 0 saturated heterocycles. The number of benzene rings is 2. The van der Waals surface area contributed by atoms with Crippen LogP contribution in [-0.2, 0) is 0 Å². The van der Waals surface area contributed by atoms with Gasteiger partial charge < -0.3 is 9.47 Å². The van der Waals surface area contributed by atoms with Crippen molar-refractivity contribution in [3.8, 4) is 11.5 Å². The van der Waals surface area contributed by atoms with Gasteiger partial charge in [0, 0.05) is 5.56 Å². The third-order valence-corrected chi connectivity index (χ3v) is 5.21. The fraction of sp³-hybridized carbons (Fsp3) is 0.222. The smallest absolute Gasteiger partial charge is 0.257 e. The standard InChI is InChI=1S/C18H16Cl2N2O3S/c1-3-24-12-7-5-10(9-13(12)25-4-2)17(23)22-18-21-16-14(26-18)8-6-11(19)15(16)20/h5-9H,3-4H2,1-2H3,(H,21,22,23). The van der Waals surface area contributed by atoms with E-state index in [9.17, 15) is 4.79 Å². The van der Waals surface area contributed by atoms with Gasteiger partial charge in [0.2, 0.25) is 0 Å². The summed E-state index contributed by atoms with van der Waals surface area (Å²) in [7, 11) is 0. The molecule has 0 radical (unpaired) electrons. The van der Waals surface area contributed by atoms with Crippen LogP contribution in [0.15, 0.2) is 30.3 Å². The van der Waals surface area contributed by atoms with E-state index in [2.05, 4.69) is 10.3 Å². The van der Waals surface area contributed by atoms with Crippen molar-refractivity contribution in [2.75, 3.05) is 18.5 Å². The average Bonchev–Trinajstić information content (AvgIpc) is 3.03. The number of fused-ring (bicyclic) bond motifs is 1. The number of halogens is 2. The van der Waals surface area contributed by atoms with Gasteiger partial charge in [-0.1, -0.05) is 34.5 Å². The van der Waals surface area contributed by atoms with Crippen LogP contribution in [0.4, 0.5) is 5.13 Å². The molecule has 3 aromatic rings. The van der Waals surface area contributed by atoms with Crippen molar-refractivity contribution in [3.63, 3.8) is 0 Å². The molecule has 0 fully saturated rings. The minimum atomic E-state index is -0.296. The van der Waals surface area contributed by atoms with Crippen molar-refractivity contribution in [2.45, 2.75) is 13.8 Å². The Kier molecular flexibility index (Phi) is 5.86. The lowest BCUT2D eigenvalue weighted by Gasteiger charge is -2.12. The van der Waals surface area contributed by atoms with Crippen molar-refractivity contribution < 1.29 is 14.3 Å². The highest BCUT2D eigenvalue weighted by molar-refractivity contribution is 7.22. The van der Waals surface area contributed by atoms with Gasteiger partial charge >= 0.3 is 0 Å². The number of nitrogens with one attached hydrogen (secondary N) is 1. The molecule has 3 rings (SSSR count). The summed E-state index contributed by atoms with van der Waals surface area (Å²) in [6.07, 6.45) is 0. The molecule has 5 nitrogen and oxygen atoms in total. The molecule has 1 amide bonds. The molecule has 0 bridgehead atoms. The maximum atomic E-state index is 12.6. The Morgan fingerprint density at radius 2 is 1.85 bits per heavy atom. The van der Waals surface area contributed by atoms with Crippen LogP contribution in [0.5, 0.6) is 11.5 Å². The molecule has 0 aliphatic rings. The molecule has 136 valence electrons. The topological polar surface area (TPSA) is 60.5 Å². The van der Waals surface area contributed by atoms with Crippen LogP contribution < -0.4 is 14.8 Å². The van der Waals surface area contributed by atoms with Crippen LogP contribution in [0.25, 0.3) is 10.2 Å². The van der Waals surface area contributed by atoms with E-state index in [1.807, 2.05) is 19.9 Å². The molecule has 1 heterocycles. The first-order chi connectivity index (χ1) is 12.5. The van der Waals surface area contributed by atoms with Gasteiger partial charge in [0.25, 0.3) is 5.91 Å². The number of thiazole rings is 1. The monoisotopic (exact) mass is 410 g/mol. The Bertz CT molecular complexity index is 959. The van der Waals surface area contributed by atoms with Crippen LogP contribution >= 0.6 is 34.5 Å². The van der Waals surface area contributed by atoms with Crippen molar-refractivity contribution in [1.29, 1.82) is 0 Å². The summed E-state index contributed by atoms with van der Waals surface area (Å²) in [5, 5.41) is 4.03. The molecule has 26 heavy (non-hydrogen) atoms. The number of amides is 1. The van der Waals surface area contributed by atoms with E-state index in [0.29, 0.717) is 51.0 Å². The third kappa shape index (κ3) is 3.87. The van der Waals surface area contributed by atoms with Gasteiger partial charge in [-0.25, -0.2) is 4.98 Å². The molecule has 2 aromatic carbocycles. The lowest BCUT2D eigenvalue weighted by Crippen LogP contribution is -2.12. The van der Waals surface area contributed by atoms with Gasteiger partial charge in [0.1, 0.15) is 5.52 Å². The van der Waals surface area contributed by atoms with Crippen molar-refractivity contribution in [3.05, 3.63) is 45.9 Å². The molecule has 0 spiro atoms. The fourth-order valence-electron chi connectivity index (χ4n) is 2.35. The number of ether oxygens (including phenoxy) is 2. The Balaban J connectivity index is 1.85. The van der Waals surface area contributed by atoms with Gasteiger partial charge in [0.15, 0.2) is 16.6 Å². The second-order valence-corrected chi connectivity index (χ2v) is 7.02. The maximum Gasteiger partial charge on any atom is 0.257 e. The predicted molar refractivity (Wildman–Crippen MR) is 106 cm³/mol. The Morgan fingerprint density at radius 3 is 2.58 bits per heavy atom. The van der Waals surface area contributed by atoms with Gasteiger partial charge in [-0.15, -0.1) is 0 Å². The van der Waals surface area contributed by atoms with Gasteiger partial charge in [-0.2, -0.15) is 0 Å². The first-order valence-electron chi connectivity index (χ1n) is 7.99.